The first-order valence-corrected chi connectivity index (χ1v) is 8.55. The number of amides is 2. The highest BCUT2D eigenvalue weighted by atomic mass is 19.2. The van der Waals surface area contributed by atoms with Crippen molar-refractivity contribution in [2.45, 2.75) is 26.4 Å². The first-order chi connectivity index (χ1) is 13.0. The Morgan fingerprint density at radius 1 is 1.04 bits per heavy atom. The van der Waals surface area contributed by atoms with Crippen molar-refractivity contribution in [1.29, 1.82) is 0 Å². The fourth-order valence-corrected chi connectivity index (χ4v) is 2.30. The Morgan fingerprint density at radius 2 is 1.75 bits per heavy atom. The van der Waals surface area contributed by atoms with Gasteiger partial charge in [-0.3, -0.25) is 4.79 Å². The quantitative estimate of drug-likeness (QED) is 0.735. The third kappa shape index (κ3) is 6.22. The van der Waals surface area contributed by atoms with Gasteiger partial charge in [0, 0.05) is 5.56 Å². The molecule has 0 spiro atoms. The van der Waals surface area contributed by atoms with Gasteiger partial charge in [0.1, 0.15) is 18.0 Å². The second-order valence-corrected chi connectivity index (χ2v) is 7.02. The summed E-state index contributed by atoms with van der Waals surface area (Å²) in [5, 5.41) is 2.54. The van der Waals surface area contributed by atoms with Crippen molar-refractivity contribution in [2.75, 3.05) is 13.2 Å². The average molecular weight is 392 g/mol. The molecule has 0 fully saturated rings. The van der Waals surface area contributed by atoms with Gasteiger partial charge >= 0.3 is 6.09 Å². The van der Waals surface area contributed by atoms with E-state index >= 15 is 0 Å². The van der Waals surface area contributed by atoms with Gasteiger partial charge in [-0.2, -0.15) is 0 Å². The lowest BCUT2D eigenvalue weighted by Gasteiger charge is -2.19. The van der Waals surface area contributed by atoms with Crippen LogP contribution in [0.5, 0.6) is 5.75 Å². The van der Waals surface area contributed by atoms with Gasteiger partial charge in [-0.05, 0) is 62.2 Å². The molecule has 0 unspecified atom stereocenters. The summed E-state index contributed by atoms with van der Waals surface area (Å²) in [6, 6.07) is 7.84. The molecule has 0 atom stereocenters. The zero-order chi connectivity index (χ0) is 20.9. The molecule has 2 amide bonds. The Hall–Kier alpha value is -3.16. The van der Waals surface area contributed by atoms with Crippen molar-refractivity contribution >= 4 is 12.0 Å². The minimum Gasteiger partial charge on any atom is -0.492 e. The molecule has 0 saturated carbocycles. The molecule has 0 aliphatic rings. The summed E-state index contributed by atoms with van der Waals surface area (Å²) in [5.74, 6) is -2.38. The second-order valence-electron chi connectivity index (χ2n) is 7.02. The number of ether oxygens (including phenoxy) is 2. The predicted molar refractivity (Wildman–Crippen MR) is 100 cm³/mol. The number of hydrogen-bond donors (Lipinski definition) is 2. The number of alkyl carbamates (subject to hydrolysis) is 1. The molecule has 2 aromatic rings. The SMILES string of the molecule is CC(C)(C)OC(=O)NCCOc1cc(C(N)=O)cc(-c2ccc(F)c(F)c2)c1. The lowest BCUT2D eigenvalue weighted by molar-refractivity contribution is 0.0520. The lowest BCUT2D eigenvalue weighted by Crippen LogP contribution is -2.34. The normalized spacial score (nSPS) is 11.0. The number of benzene rings is 2. The topological polar surface area (TPSA) is 90.7 Å². The van der Waals surface area contributed by atoms with Gasteiger partial charge in [-0.25, -0.2) is 13.6 Å². The maximum atomic E-state index is 13.5. The molecule has 8 heteroatoms. The molecule has 0 radical (unpaired) electrons. The molecular formula is C20H22F2N2O4. The minimum atomic E-state index is -1.01. The van der Waals surface area contributed by atoms with Crippen LogP contribution in [0, 0.1) is 11.6 Å². The summed E-state index contributed by atoms with van der Waals surface area (Å²) in [6.45, 7) is 5.50. The number of hydrogen-bond acceptors (Lipinski definition) is 4. The van der Waals surface area contributed by atoms with Gasteiger partial charge in [0.05, 0.1) is 6.54 Å². The Labute approximate surface area is 161 Å². The average Bonchev–Trinajstić information content (AvgIpc) is 2.59. The maximum Gasteiger partial charge on any atom is 0.407 e. The van der Waals surface area contributed by atoms with Crippen molar-refractivity contribution in [2.24, 2.45) is 5.73 Å². The fraction of sp³-hybridized carbons (Fsp3) is 0.300. The van der Waals surface area contributed by atoms with Crippen molar-refractivity contribution < 1.29 is 27.8 Å². The van der Waals surface area contributed by atoms with E-state index in [2.05, 4.69) is 5.32 Å². The highest BCUT2D eigenvalue weighted by molar-refractivity contribution is 5.94. The van der Waals surface area contributed by atoms with E-state index in [0.29, 0.717) is 16.9 Å². The lowest BCUT2D eigenvalue weighted by atomic mass is 10.0. The fourth-order valence-electron chi connectivity index (χ4n) is 2.30. The first-order valence-electron chi connectivity index (χ1n) is 8.55. The van der Waals surface area contributed by atoms with E-state index in [9.17, 15) is 18.4 Å². The van der Waals surface area contributed by atoms with Crippen LogP contribution in [-0.4, -0.2) is 30.8 Å². The van der Waals surface area contributed by atoms with Crippen LogP contribution in [-0.2, 0) is 4.74 Å². The van der Waals surface area contributed by atoms with E-state index in [0.717, 1.165) is 12.1 Å². The predicted octanol–water partition coefficient (Wildman–Crippen LogP) is 3.63. The molecule has 0 aliphatic heterocycles. The zero-order valence-corrected chi connectivity index (χ0v) is 15.8. The van der Waals surface area contributed by atoms with Crippen LogP contribution in [0.15, 0.2) is 36.4 Å². The van der Waals surface area contributed by atoms with Crippen molar-refractivity contribution in [3.63, 3.8) is 0 Å². The second kappa shape index (κ2) is 8.69. The molecule has 2 aromatic carbocycles. The number of primary amides is 1. The van der Waals surface area contributed by atoms with Crippen LogP contribution in [0.4, 0.5) is 13.6 Å². The van der Waals surface area contributed by atoms with E-state index in [1.54, 1.807) is 26.8 Å². The summed E-state index contributed by atoms with van der Waals surface area (Å²) in [6.07, 6.45) is -0.579. The van der Waals surface area contributed by atoms with E-state index in [1.807, 2.05) is 0 Å². The summed E-state index contributed by atoms with van der Waals surface area (Å²) >= 11 is 0. The molecule has 28 heavy (non-hydrogen) atoms. The molecule has 150 valence electrons. The number of carbonyl (C=O) groups excluding carboxylic acids is 2. The summed E-state index contributed by atoms with van der Waals surface area (Å²) in [4.78, 5) is 23.2. The molecule has 0 heterocycles. The van der Waals surface area contributed by atoms with Crippen molar-refractivity contribution in [1.82, 2.24) is 5.32 Å². The van der Waals surface area contributed by atoms with Crippen molar-refractivity contribution in [3.05, 3.63) is 53.6 Å². The number of nitrogens with one attached hydrogen (secondary N) is 1. The highest BCUT2D eigenvalue weighted by Gasteiger charge is 2.15. The van der Waals surface area contributed by atoms with Gasteiger partial charge < -0.3 is 20.5 Å². The molecule has 6 nitrogen and oxygen atoms in total. The van der Waals surface area contributed by atoms with Crippen LogP contribution in [0.3, 0.4) is 0 Å². The molecule has 3 N–H and O–H groups in total. The van der Waals surface area contributed by atoms with Gasteiger partial charge in [0.2, 0.25) is 5.91 Å². The minimum absolute atomic E-state index is 0.0959. The third-order valence-electron chi connectivity index (χ3n) is 3.48. The van der Waals surface area contributed by atoms with Crippen LogP contribution < -0.4 is 15.8 Å². The molecule has 2 rings (SSSR count). The Bertz CT molecular complexity index is 879. The van der Waals surface area contributed by atoms with E-state index in [-0.39, 0.29) is 18.7 Å². The molecule has 0 aromatic heterocycles. The van der Waals surface area contributed by atoms with Gasteiger partial charge in [0.15, 0.2) is 11.6 Å². The molecule has 0 aliphatic carbocycles. The maximum absolute atomic E-state index is 13.5. The Kier molecular flexibility index (Phi) is 6.56. The summed E-state index contributed by atoms with van der Waals surface area (Å²) in [5.41, 5.74) is 5.67. The standard InChI is InChI=1S/C20H22F2N2O4/c1-20(2,3)28-19(26)24-6-7-27-15-9-13(8-14(10-15)18(23)25)12-4-5-16(21)17(22)11-12/h4-5,8-11H,6-7H2,1-3H3,(H2,23,25)(H,24,26). The zero-order valence-electron chi connectivity index (χ0n) is 15.8. The Morgan fingerprint density at radius 3 is 2.36 bits per heavy atom. The molecular weight excluding hydrogens is 370 g/mol. The van der Waals surface area contributed by atoms with Gasteiger partial charge in [0.25, 0.3) is 0 Å². The van der Waals surface area contributed by atoms with Crippen molar-refractivity contribution in [3.8, 4) is 16.9 Å². The van der Waals surface area contributed by atoms with E-state index in [4.69, 9.17) is 15.2 Å². The largest absolute Gasteiger partial charge is 0.492 e. The Balaban J connectivity index is 2.09. The summed E-state index contributed by atoms with van der Waals surface area (Å²) in [7, 11) is 0. The van der Waals surface area contributed by atoms with Crippen LogP contribution in [0.25, 0.3) is 11.1 Å². The number of carbonyl (C=O) groups is 2. The smallest absolute Gasteiger partial charge is 0.407 e. The summed E-state index contributed by atoms with van der Waals surface area (Å²) < 4.78 is 37.3. The molecule has 0 saturated heterocycles. The van der Waals surface area contributed by atoms with Crippen LogP contribution in [0.1, 0.15) is 31.1 Å². The van der Waals surface area contributed by atoms with E-state index in [1.165, 1.54) is 18.2 Å². The number of nitrogens with two attached hydrogens (primary N) is 1. The monoisotopic (exact) mass is 392 g/mol. The van der Waals surface area contributed by atoms with Crippen LogP contribution in [0.2, 0.25) is 0 Å². The van der Waals surface area contributed by atoms with Gasteiger partial charge in [-0.1, -0.05) is 6.07 Å². The van der Waals surface area contributed by atoms with Crippen LogP contribution >= 0.6 is 0 Å². The highest BCUT2D eigenvalue weighted by Crippen LogP contribution is 2.27. The van der Waals surface area contributed by atoms with Gasteiger partial charge in [-0.15, -0.1) is 0 Å². The first kappa shape index (κ1) is 21.1. The molecule has 0 bridgehead atoms. The third-order valence-corrected chi connectivity index (χ3v) is 3.48. The number of rotatable bonds is 6. The van der Waals surface area contributed by atoms with E-state index < -0.39 is 29.2 Å². The number of halogens is 2.